The molecular weight excluding hydrogens is 307 g/mol. The van der Waals surface area contributed by atoms with Crippen LogP contribution in [0.3, 0.4) is 0 Å². The third-order valence-electron chi connectivity index (χ3n) is 2.77. The number of sulfonamides is 1. The van der Waals surface area contributed by atoms with Gasteiger partial charge in [0.15, 0.2) is 0 Å². The lowest BCUT2D eigenvalue weighted by atomic mass is 10.2. The molecule has 1 heterocycles. The molecule has 0 radical (unpaired) electrons. The molecule has 1 aliphatic heterocycles. The van der Waals surface area contributed by atoms with Crippen molar-refractivity contribution in [2.45, 2.75) is 17.4 Å². The fourth-order valence-corrected chi connectivity index (χ4v) is 4.49. The number of thiocarbonyl (C=S) groups is 1. The lowest BCUT2D eigenvalue weighted by Crippen LogP contribution is -2.34. The van der Waals surface area contributed by atoms with Crippen LogP contribution in [0.2, 0.25) is 0 Å². The zero-order valence-corrected chi connectivity index (χ0v) is 12.4. The van der Waals surface area contributed by atoms with Gasteiger partial charge in [-0.1, -0.05) is 12.2 Å². The average molecular weight is 320 g/mol. The lowest BCUT2D eigenvalue weighted by molar-refractivity contribution is 0.562. The molecule has 4 nitrogen and oxygen atoms in total. The van der Waals surface area contributed by atoms with E-state index in [1.54, 1.807) is 11.8 Å². The van der Waals surface area contributed by atoms with Crippen molar-refractivity contribution in [2.24, 2.45) is 5.73 Å². The summed E-state index contributed by atoms with van der Waals surface area (Å²) in [5.74, 6) is 1.07. The number of thioether (sulfide) groups is 1. The molecule has 0 spiro atoms. The molecule has 1 unspecified atom stereocenters. The summed E-state index contributed by atoms with van der Waals surface area (Å²) in [6.07, 6.45) is 0.799. The van der Waals surface area contributed by atoms with Gasteiger partial charge in [0.1, 0.15) is 10.8 Å². The van der Waals surface area contributed by atoms with Gasteiger partial charge < -0.3 is 5.73 Å². The fourth-order valence-electron chi connectivity index (χ4n) is 1.78. The van der Waals surface area contributed by atoms with E-state index in [2.05, 4.69) is 4.72 Å². The summed E-state index contributed by atoms with van der Waals surface area (Å²) in [6.45, 7) is 0. The zero-order chi connectivity index (χ0) is 14.0. The lowest BCUT2D eigenvalue weighted by Gasteiger charge is -2.12. The summed E-state index contributed by atoms with van der Waals surface area (Å²) in [5.41, 5.74) is 5.31. The largest absolute Gasteiger partial charge is 0.389 e. The molecule has 1 aliphatic rings. The molecule has 8 heteroatoms. The SMILES string of the molecule is NC(=S)c1cc(S(=O)(=O)NC2CCSC2)ccc1F. The number of halogens is 1. The highest BCUT2D eigenvalue weighted by Crippen LogP contribution is 2.20. The van der Waals surface area contributed by atoms with Crippen LogP contribution in [-0.2, 0) is 10.0 Å². The third-order valence-corrected chi connectivity index (χ3v) is 5.67. The van der Waals surface area contributed by atoms with E-state index in [4.69, 9.17) is 18.0 Å². The van der Waals surface area contributed by atoms with Crippen LogP contribution in [0.4, 0.5) is 4.39 Å². The molecule has 0 aliphatic carbocycles. The van der Waals surface area contributed by atoms with Gasteiger partial charge in [0.05, 0.1) is 4.90 Å². The van der Waals surface area contributed by atoms with E-state index in [1.165, 1.54) is 12.1 Å². The van der Waals surface area contributed by atoms with Crippen molar-refractivity contribution in [1.29, 1.82) is 0 Å². The van der Waals surface area contributed by atoms with Gasteiger partial charge in [-0.3, -0.25) is 0 Å². The van der Waals surface area contributed by atoms with Gasteiger partial charge in [0.25, 0.3) is 0 Å². The van der Waals surface area contributed by atoms with E-state index >= 15 is 0 Å². The first-order valence-electron chi connectivity index (χ1n) is 5.59. The Morgan fingerprint density at radius 2 is 2.26 bits per heavy atom. The minimum atomic E-state index is -3.66. The normalized spacial score (nSPS) is 19.5. The van der Waals surface area contributed by atoms with Gasteiger partial charge in [-0.25, -0.2) is 17.5 Å². The highest BCUT2D eigenvalue weighted by atomic mass is 32.2. The highest BCUT2D eigenvalue weighted by Gasteiger charge is 2.24. The van der Waals surface area contributed by atoms with Gasteiger partial charge >= 0.3 is 0 Å². The summed E-state index contributed by atoms with van der Waals surface area (Å²) in [4.78, 5) is -0.181. The Morgan fingerprint density at radius 3 is 2.84 bits per heavy atom. The van der Waals surface area contributed by atoms with Gasteiger partial charge in [-0.05, 0) is 30.4 Å². The van der Waals surface area contributed by atoms with Crippen LogP contribution in [0.5, 0.6) is 0 Å². The number of hydrogen-bond acceptors (Lipinski definition) is 4. The predicted octanol–water partition coefficient (Wildman–Crippen LogP) is 1.24. The van der Waals surface area contributed by atoms with E-state index in [0.29, 0.717) is 0 Å². The standard InChI is InChI=1S/C11H13FN2O2S3/c12-10-2-1-8(5-9(10)11(13)17)19(15,16)14-7-3-4-18-6-7/h1-2,5,7,14H,3-4,6H2,(H2,13,17). The fraction of sp³-hybridized carbons (Fsp3) is 0.364. The molecule has 0 amide bonds. The maximum absolute atomic E-state index is 13.4. The van der Waals surface area contributed by atoms with Crippen molar-refractivity contribution in [3.05, 3.63) is 29.6 Å². The Labute approximate surface area is 121 Å². The Morgan fingerprint density at radius 1 is 1.53 bits per heavy atom. The van der Waals surface area contributed by atoms with Crippen LogP contribution in [0.15, 0.2) is 23.1 Å². The maximum Gasteiger partial charge on any atom is 0.240 e. The minimum Gasteiger partial charge on any atom is -0.389 e. The van der Waals surface area contributed by atoms with Crippen LogP contribution < -0.4 is 10.5 Å². The molecule has 1 aromatic carbocycles. The maximum atomic E-state index is 13.4. The summed E-state index contributed by atoms with van der Waals surface area (Å²) in [7, 11) is -3.66. The topological polar surface area (TPSA) is 72.2 Å². The van der Waals surface area contributed by atoms with E-state index in [9.17, 15) is 12.8 Å². The quantitative estimate of drug-likeness (QED) is 0.817. The molecular formula is C11H13FN2O2S3. The van der Waals surface area contributed by atoms with E-state index < -0.39 is 15.8 Å². The highest BCUT2D eigenvalue weighted by molar-refractivity contribution is 7.99. The van der Waals surface area contributed by atoms with Crippen LogP contribution in [-0.4, -0.2) is 31.0 Å². The van der Waals surface area contributed by atoms with Crippen molar-refractivity contribution in [3.63, 3.8) is 0 Å². The number of rotatable bonds is 4. The van der Waals surface area contributed by atoms with Crippen LogP contribution >= 0.6 is 24.0 Å². The van der Waals surface area contributed by atoms with Crippen molar-refractivity contribution >= 4 is 39.0 Å². The number of hydrogen-bond donors (Lipinski definition) is 2. The van der Waals surface area contributed by atoms with Crippen molar-refractivity contribution in [2.75, 3.05) is 11.5 Å². The summed E-state index contributed by atoms with van der Waals surface area (Å²) in [6, 6.07) is 3.36. The summed E-state index contributed by atoms with van der Waals surface area (Å²) in [5, 5.41) is 0. The first-order valence-corrected chi connectivity index (χ1v) is 8.64. The molecule has 1 atom stereocenters. The second-order valence-corrected chi connectivity index (χ2v) is 7.49. The van der Waals surface area contributed by atoms with E-state index in [0.717, 1.165) is 24.0 Å². The first-order chi connectivity index (χ1) is 8.90. The molecule has 1 saturated heterocycles. The second-order valence-electron chi connectivity index (χ2n) is 4.19. The molecule has 2 rings (SSSR count). The molecule has 19 heavy (non-hydrogen) atoms. The third kappa shape index (κ3) is 3.44. The second kappa shape index (κ2) is 5.74. The van der Waals surface area contributed by atoms with Crippen molar-refractivity contribution in [1.82, 2.24) is 4.72 Å². The van der Waals surface area contributed by atoms with Crippen LogP contribution in [0, 0.1) is 5.82 Å². The van der Waals surface area contributed by atoms with Gasteiger partial charge in [-0.15, -0.1) is 0 Å². The Kier molecular flexibility index (Phi) is 4.44. The molecule has 104 valence electrons. The molecule has 0 bridgehead atoms. The minimum absolute atomic E-state index is 0.0198. The Bertz CT molecular complexity index is 598. The van der Waals surface area contributed by atoms with Crippen molar-refractivity contribution in [3.8, 4) is 0 Å². The van der Waals surface area contributed by atoms with E-state index in [1.807, 2.05) is 0 Å². The Balaban J connectivity index is 2.29. The summed E-state index contributed by atoms with van der Waals surface area (Å²) >= 11 is 6.40. The van der Waals surface area contributed by atoms with Gasteiger partial charge in [-0.2, -0.15) is 11.8 Å². The van der Waals surface area contributed by atoms with Crippen LogP contribution in [0.25, 0.3) is 0 Å². The molecule has 3 N–H and O–H groups in total. The van der Waals surface area contributed by atoms with E-state index in [-0.39, 0.29) is 21.5 Å². The first kappa shape index (κ1) is 14.7. The number of nitrogens with two attached hydrogens (primary N) is 1. The van der Waals surface area contributed by atoms with Crippen LogP contribution in [0.1, 0.15) is 12.0 Å². The predicted molar refractivity (Wildman–Crippen MR) is 78.3 cm³/mol. The molecule has 0 aromatic heterocycles. The zero-order valence-electron chi connectivity index (χ0n) is 9.93. The van der Waals surface area contributed by atoms with Gasteiger partial charge in [0.2, 0.25) is 10.0 Å². The van der Waals surface area contributed by atoms with Crippen molar-refractivity contribution < 1.29 is 12.8 Å². The smallest absolute Gasteiger partial charge is 0.240 e. The van der Waals surface area contributed by atoms with Gasteiger partial charge in [0, 0.05) is 17.4 Å². The summed E-state index contributed by atoms with van der Waals surface area (Å²) < 4.78 is 40.3. The average Bonchev–Trinajstić information content (AvgIpc) is 2.80. The molecule has 0 saturated carbocycles. The molecule has 1 fully saturated rings. The Hall–Kier alpha value is -0.700. The number of nitrogens with one attached hydrogen (secondary N) is 1. The molecule has 1 aromatic rings. The number of benzene rings is 1. The monoisotopic (exact) mass is 320 g/mol.